The molecule has 27 heavy (non-hydrogen) atoms. The van der Waals surface area contributed by atoms with Crippen LogP contribution in [0.2, 0.25) is 0 Å². The third kappa shape index (κ3) is 2.87. The van der Waals surface area contributed by atoms with Crippen LogP contribution in [-0.4, -0.2) is 24.8 Å². The summed E-state index contributed by atoms with van der Waals surface area (Å²) in [5, 5.41) is 0. The van der Waals surface area contributed by atoms with Crippen molar-refractivity contribution in [3.63, 3.8) is 0 Å². The van der Waals surface area contributed by atoms with Crippen molar-refractivity contribution >= 4 is 5.78 Å². The lowest BCUT2D eigenvalue weighted by Crippen LogP contribution is -2.53. The van der Waals surface area contributed by atoms with Crippen LogP contribution < -0.4 is 0 Å². The topological polar surface area (TPSA) is 35.5 Å². The van der Waals surface area contributed by atoms with Gasteiger partial charge in [-0.1, -0.05) is 19.9 Å². The molecule has 0 aromatic carbocycles. The van der Waals surface area contributed by atoms with Crippen LogP contribution in [0.3, 0.4) is 0 Å². The lowest BCUT2D eigenvalue weighted by atomic mass is 9.46. The fraction of sp³-hybridized carbons (Fsp3) is 0.875. The van der Waals surface area contributed by atoms with Crippen molar-refractivity contribution < 1.29 is 14.3 Å². The predicted molar refractivity (Wildman–Crippen MR) is 105 cm³/mol. The minimum Gasteiger partial charge on any atom is -0.353 e. The van der Waals surface area contributed by atoms with E-state index < -0.39 is 0 Å². The summed E-state index contributed by atoms with van der Waals surface area (Å²) in [7, 11) is 0. The number of ether oxygens (including phenoxy) is 2. The molecule has 8 atom stereocenters. The average molecular weight is 373 g/mol. The standard InChI is InChI=1S/C24H36O3/c1-23-12-10-17(25)15-16(23)6-7-18-19-8-9-21(24(19,2)13-11-20(18)23)27-22-5-3-4-14-26-22/h10,12,16,18-22H,3-9,11,13-15H2,1-2H3/t16-,18-,19-,20-,21-,22-,23-,24-/m0/s1. The van der Waals surface area contributed by atoms with Crippen LogP contribution in [0, 0.1) is 34.5 Å². The molecule has 4 aliphatic carbocycles. The van der Waals surface area contributed by atoms with Crippen molar-refractivity contribution in [2.75, 3.05) is 6.61 Å². The van der Waals surface area contributed by atoms with Crippen molar-refractivity contribution in [2.24, 2.45) is 34.5 Å². The highest BCUT2D eigenvalue weighted by Crippen LogP contribution is 2.65. The Bertz CT molecular complexity index is 621. The van der Waals surface area contributed by atoms with Crippen LogP contribution in [0.15, 0.2) is 12.2 Å². The molecule has 4 fully saturated rings. The highest BCUT2D eigenvalue weighted by molar-refractivity contribution is 5.91. The summed E-state index contributed by atoms with van der Waals surface area (Å²) >= 11 is 0. The third-order valence-electron chi connectivity index (χ3n) is 9.41. The molecule has 3 saturated carbocycles. The summed E-state index contributed by atoms with van der Waals surface area (Å²) in [6.45, 7) is 5.84. The van der Waals surface area contributed by atoms with Gasteiger partial charge in [0.2, 0.25) is 0 Å². The van der Waals surface area contributed by atoms with Crippen LogP contribution in [-0.2, 0) is 14.3 Å². The Hall–Kier alpha value is -0.670. The largest absolute Gasteiger partial charge is 0.353 e. The van der Waals surface area contributed by atoms with E-state index in [2.05, 4.69) is 19.9 Å². The van der Waals surface area contributed by atoms with E-state index in [9.17, 15) is 4.79 Å². The highest BCUT2D eigenvalue weighted by atomic mass is 16.7. The highest BCUT2D eigenvalue weighted by Gasteiger charge is 2.60. The number of hydrogen-bond acceptors (Lipinski definition) is 3. The zero-order chi connectivity index (χ0) is 18.6. The van der Waals surface area contributed by atoms with Gasteiger partial charge in [0.05, 0.1) is 6.10 Å². The van der Waals surface area contributed by atoms with Gasteiger partial charge in [-0.05, 0) is 98.4 Å². The van der Waals surface area contributed by atoms with Crippen LogP contribution in [0.25, 0.3) is 0 Å². The van der Waals surface area contributed by atoms with Gasteiger partial charge in [0.1, 0.15) is 0 Å². The van der Waals surface area contributed by atoms with Crippen molar-refractivity contribution in [3.8, 4) is 0 Å². The number of carbonyl (C=O) groups is 1. The molecule has 0 amide bonds. The second-order valence-electron chi connectivity index (χ2n) is 10.6. The van der Waals surface area contributed by atoms with E-state index in [0.29, 0.717) is 23.2 Å². The zero-order valence-corrected chi connectivity index (χ0v) is 17.1. The van der Waals surface area contributed by atoms with Crippen molar-refractivity contribution in [3.05, 3.63) is 12.2 Å². The van der Waals surface area contributed by atoms with E-state index in [1.54, 1.807) is 0 Å². The second-order valence-corrected chi connectivity index (χ2v) is 10.6. The number of rotatable bonds is 2. The molecule has 150 valence electrons. The van der Waals surface area contributed by atoms with Crippen LogP contribution in [0.5, 0.6) is 0 Å². The second kappa shape index (κ2) is 6.69. The summed E-state index contributed by atoms with van der Waals surface area (Å²) in [5.41, 5.74) is 0.558. The molecular weight excluding hydrogens is 336 g/mol. The van der Waals surface area contributed by atoms with E-state index >= 15 is 0 Å². The fourth-order valence-corrected chi connectivity index (χ4v) is 7.81. The molecule has 1 saturated heterocycles. The third-order valence-corrected chi connectivity index (χ3v) is 9.41. The number of ketones is 1. The Labute approximate surface area is 164 Å². The Kier molecular flexibility index (Phi) is 4.55. The van der Waals surface area contributed by atoms with Crippen LogP contribution in [0.4, 0.5) is 0 Å². The molecule has 5 rings (SSSR count). The molecule has 5 aliphatic rings. The maximum absolute atomic E-state index is 12.0. The molecule has 0 aromatic heterocycles. The maximum atomic E-state index is 12.0. The fourth-order valence-electron chi connectivity index (χ4n) is 7.81. The number of allylic oxidation sites excluding steroid dienone is 2. The molecule has 0 unspecified atom stereocenters. The molecule has 0 bridgehead atoms. The minimum atomic E-state index is 0.0394. The van der Waals surface area contributed by atoms with Crippen LogP contribution >= 0.6 is 0 Å². The smallest absolute Gasteiger partial charge is 0.157 e. The molecule has 1 aliphatic heterocycles. The van der Waals surface area contributed by atoms with Gasteiger partial charge in [-0.3, -0.25) is 4.79 Å². The number of hydrogen-bond donors (Lipinski definition) is 0. The Balaban J connectivity index is 1.35. The normalized spacial score (nSPS) is 52.1. The van der Waals surface area contributed by atoms with Gasteiger partial charge in [-0.25, -0.2) is 0 Å². The summed E-state index contributed by atoms with van der Waals surface area (Å²) in [6, 6.07) is 0. The molecule has 0 aromatic rings. The molecular formula is C24H36O3. The Morgan fingerprint density at radius 2 is 1.93 bits per heavy atom. The molecule has 3 nitrogen and oxygen atoms in total. The first-order valence-electron chi connectivity index (χ1n) is 11.5. The number of fused-ring (bicyclic) bond motifs is 5. The first-order chi connectivity index (χ1) is 13.0. The van der Waals surface area contributed by atoms with E-state index in [1.165, 1.54) is 51.4 Å². The summed E-state index contributed by atoms with van der Waals surface area (Å²) in [4.78, 5) is 12.0. The van der Waals surface area contributed by atoms with Gasteiger partial charge in [0.15, 0.2) is 12.1 Å². The van der Waals surface area contributed by atoms with Crippen molar-refractivity contribution in [2.45, 2.75) is 90.4 Å². The van der Waals surface area contributed by atoms with Gasteiger partial charge in [-0.2, -0.15) is 0 Å². The van der Waals surface area contributed by atoms with Gasteiger partial charge < -0.3 is 9.47 Å². The summed E-state index contributed by atoms with van der Waals surface area (Å²) in [6.07, 6.45) is 16.6. The Morgan fingerprint density at radius 1 is 1.04 bits per heavy atom. The molecule has 0 radical (unpaired) electrons. The van der Waals surface area contributed by atoms with E-state index in [4.69, 9.17) is 9.47 Å². The monoisotopic (exact) mass is 372 g/mol. The predicted octanol–water partition coefficient (Wildman–Crippen LogP) is 5.29. The van der Waals surface area contributed by atoms with Crippen molar-refractivity contribution in [1.82, 2.24) is 0 Å². The summed E-state index contributed by atoms with van der Waals surface area (Å²) < 4.78 is 12.5. The minimum absolute atomic E-state index is 0.0394. The molecule has 0 spiro atoms. The molecule has 3 heteroatoms. The van der Waals surface area contributed by atoms with Crippen molar-refractivity contribution in [1.29, 1.82) is 0 Å². The lowest BCUT2D eigenvalue weighted by Gasteiger charge is -2.58. The van der Waals surface area contributed by atoms with E-state index in [-0.39, 0.29) is 11.7 Å². The summed E-state index contributed by atoms with van der Waals surface area (Å²) in [5.74, 6) is 3.27. The zero-order valence-electron chi connectivity index (χ0n) is 17.1. The first kappa shape index (κ1) is 18.4. The molecule has 0 N–H and O–H groups in total. The maximum Gasteiger partial charge on any atom is 0.157 e. The van der Waals surface area contributed by atoms with Gasteiger partial charge >= 0.3 is 0 Å². The average Bonchev–Trinajstić information content (AvgIpc) is 3.00. The van der Waals surface area contributed by atoms with Crippen LogP contribution in [0.1, 0.15) is 78.1 Å². The van der Waals surface area contributed by atoms with Gasteiger partial charge in [-0.15, -0.1) is 0 Å². The van der Waals surface area contributed by atoms with E-state index in [0.717, 1.165) is 37.2 Å². The molecule has 1 heterocycles. The van der Waals surface area contributed by atoms with Gasteiger partial charge in [0.25, 0.3) is 0 Å². The quantitative estimate of drug-likeness (QED) is 0.661. The Morgan fingerprint density at radius 3 is 2.74 bits per heavy atom. The SMILES string of the molecule is C[C@]12C=CC(=O)C[C@@H]1CC[C@@H]1[C@@H]2CC[C@]2(C)[C@@H](O[C@H]3CCCCO3)CC[C@@H]12. The lowest BCUT2D eigenvalue weighted by molar-refractivity contribution is -0.217. The first-order valence-corrected chi connectivity index (χ1v) is 11.5. The van der Waals surface area contributed by atoms with Gasteiger partial charge in [0, 0.05) is 13.0 Å². The van der Waals surface area contributed by atoms with E-state index in [1.807, 2.05) is 6.08 Å². The number of carbonyl (C=O) groups excluding carboxylic acids is 1.